The SMILES string of the molecule is O=C(CCC1(c2ccc(-c3ccc(Br)cc3)cc2)OCCO1)N1C(=O)OC[C@@H]1Cc1ccccc1. The number of benzene rings is 3. The van der Waals surface area contributed by atoms with Gasteiger partial charge in [0.1, 0.15) is 6.61 Å². The molecular formula is C28H26BrNO5. The van der Waals surface area contributed by atoms with E-state index in [4.69, 9.17) is 14.2 Å². The van der Waals surface area contributed by atoms with Crippen LogP contribution >= 0.6 is 15.9 Å². The zero-order valence-electron chi connectivity index (χ0n) is 19.2. The summed E-state index contributed by atoms with van der Waals surface area (Å²) in [5.74, 6) is -1.29. The second-order valence-corrected chi connectivity index (χ2v) is 9.63. The number of halogens is 1. The van der Waals surface area contributed by atoms with Gasteiger partial charge in [-0.3, -0.25) is 4.79 Å². The summed E-state index contributed by atoms with van der Waals surface area (Å²) in [6, 6.07) is 25.6. The van der Waals surface area contributed by atoms with E-state index in [9.17, 15) is 9.59 Å². The Morgan fingerprint density at radius 1 is 0.914 bits per heavy atom. The van der Waals surface area contributed by atoms with Gasteiger partial charge < -0.3 is 14.2 Å². The summed E-state index contributed by atoms with van der Waals surface area (Å²) in [6.45, 7) is 1.10. The predicted octanol–water partition coefficient (Wildman–Crippen LogP) is 5.69. The van der Waals surface area contributed by atoms with E-state index < -0.39 is 11.9 Å². The van der Waals surface area contributed by atoms with Crippen LogP contribution in [0.3, 0.4) is 0 Å². The molecule has 0 aliphatic carbocycles. The summed E-state index contributed by atoms with van der Waals surface area (Å²) in [7, 11) is 0. The summed E-state index contributed by atoms with van der Waals surface area (Å²) in [6.07, 6.45) is 0.394. The zero-order valence-corrected chi connectivity index (χ0v) is 20.8. The number of imide groups is 1. The highest BCUT2D eigenvalue weighted by Crippen LogP contribution is 2.37. The molecule has 2 saturated heterocycles. The maximum absolute atomic E-state index is 13.2. The first-order chi connectivity index (χ1) is 17.0. The summed E-state index contributed by atoms with van der Waals surface area (Å²) in [5, 5.41) is 0. The van der Waals surface area contributed by atoms with Gasteiger partial charge in [0.15, 0.2) is 5.79 Å². The molecule has 2 aliphatic rings. The van der Waals surface area contributed by atoms with Crippen LogP contribution in [-0.2, 0) is 31.2 Å². The van der Waals surface area contributed by atoms with Crippen LogP contribution in [0.15, 0.2) is 83.3 Å². The Morgan fingerprint density at radius 3 is 2.20 bits per heavy atom. The molecule has 3 aromatic rings. The van der Waals surface area contributed by atoms with Crippen molar-refractivity contribution in [2.45, 2.75) is 31.1 Å². The maximum Gasteiger partial charge on any atom is 0.416 e. The van der Waals surface area contributed by atoms with Crippen molar-refractivity contribution in [3.05, 3.63) is 94.5 Å². The number of rotatable bonds is 7. The van der Waals surface area contributed by atoms with E-state index in [-0.39, 0.29) is 25.0 Å². The number of ether oxygens (including phenoxy) is 3. The van der Waals surface area contributed by atoms with Crippen molar-refractivity contribution < 1.29 is 23.8 Å². The third kappa shape index (κ3) is 5.17. The molecule has 5 rings (SSSR count). The fourth-order valence-corrected chi connectivity index (χ4v) is 4.93. The molecule has 180 valence electrons. The largest absolute Gasteiger partial charge is 0.447 e. The van der Waals surface area contributed by atoms with Crippen molar-refractivity contribution in [2.75, 3.05) is 19.8 Å². The fourth-order valence-electron chi connectivity index (χ4n) is 4.66. The van der Waals surface area contributed by atoms with Gasteiger partial charge in [-0.15, -0.1) is 0 Å². The Hall–Kier alpha value is -3.00. The predicted molar refractivity (Wildman–Crippen MR) is 135 cm³/mol. The van der Waals surface area contributed by atoms with Crippen molar-refractivity contribution in [3.63, 3.8) is 0 Å². The third-order valence-electron chi connectivity index (χ3n) is 6.47. The monoisotopic (exact) mass is 535 g/mol. The van der Waals surface area contributed by atoms with Crippen molar-refractivity contribution in [1.82, 2.24) is 4.90 Å². The average Bonchev–Trinajstić information content (AvgIpc) is 3.51. The van der Waals surface area contributed by atoms with Gasteiger partial charge in [0.25, 0.3) is 0 Å². The van der Waals surface area contributed by atoms with Crippen molar-refractivity contribution in [1.29, 1.82) is 0 Å². The minimum absolute atomic E-state index is 0.106. The molecule has 0 N–H and O–H groups in total. The summed E-state index contributed by atoms with van der Waals surface area (Å²) < 4.78 is 18.3. The van der Waals surface area contributed by atoms with E-state index in [1.54, 1.807) is 0 Å². The molecular weight excluding hydrogens is 510 g/mol. The van der Waals surface area contributed by atoms with E-state index in [1.165, 1.54) is 4.90 Å². The molecule has 0 saturated carbocycles. The van der Waals surface area contributed by atoms with Gasteiger partial charge in [-0.1, -0.05) is 82.7 Å². The zero-order chi connectivity index (χ0) is 24.3. The summed E-state index contributed by atoms with van der Waals surface area (Å²) in [4.78, 5) is 26.8. The molecule has 0 unspecified atom stereocenters. The molecule has 0 bridgehead atoms. The standard InChI is InChI=1S/C28H26BrNO5/c29-24-12-8-22(9-13-24)21-6-10-23(11-7-21)28(34-16-17-35-28)15-14-26(31)30-25(19-33-27(30)32)18-20-4-2-1-3-5-20/h1-13,25H,14-19H2/t25-/m0/s1. The topological polar surface area (TPSA) is 65.1 Å². The number of nitrogens with zero attached hydrogens (tertiary/aromatic N) is 1. The van der Waals surface area contributed by atoms with Gasteiger partial charge in [-0.25, -0.2) is 9.69 Å². The molecule has 0 aromatic heterocycles. The first-order valence-corrected chi connectivity index (χ1v) is 12.5. The molecule has 2 aliphatic heterocycles. The minimum Gasteiger partial charge on any atom is -0.447 e. The van der Waals surface area contributed by atoms with Crippen LogP contribution in [-0.4, -0.2) is 42.8 Å². The highest BCUT2D eigenvalue weighted by molar-refractivity contribution is 9.10. The van der Waals surface area contributed by atoms with Crippen LogP contribution in [0.1, 0.15) is 24.0 Å². The number of cyclic esters (lactones) is 1. The van der Waals surface area contributed by atoms with Gasteiger partial charge in [-0.05, 0) is 35.2 Å². The first kappa shape index (κ1) is 23.7. The number of hydrogen-bond donors (Lipinski definition) is 0. The Balaban J connectivity index is 1.29. The molecule has 35 heavy (non-hydrogen) atoms. The van der Waals surface area contributed by atoms with E-state index in [1.807, 2.05) is 66.7 Å². The molecule has 2 fully saturated rings. The van der Waals surface area contributed by atoms with Crippen LogP contribution in [0.25, 0.3) is 11.1 Å². The lowest BCUT2D eigenvalue weighted by Gasteiger charge is -2.29. The van der Waals surface area contributed by atoms with Crippen molar-refractivity contribution in [2.24, 2.45) is 0 Å². The lowest BCUT2D eigenvalue weighted by Crippen LogP contribution is -2.41. The van der Waals surface area contributed by atoms with E-state index in [0.717, 1.165) is 26.7 Å². The minimum atomic E-state index is -1.01. The number of amides is 2. The van der Waals surface area contributed by atoms with E-state index >= 15 is 0 Å². The molecule has 0 radical (unpaired) electrons. The highest BCUT2D eigenvalue weighted by Gasteiger charge is 2.42. The van der Waals surface area contributed by atoms with Crippen LogP contribution in [0.4, 0.5) is 4.79 Å². The Bertz CT molecular complexity index is 1170. The molecule has 1 atom stereocenters. The highest BCUT2D eigenvalue weighted by atomic mass is 79.9. The van der Waals surface area contributed by atoms with Gasteiger partial charge in [0, 0.05) is 22.9 Å². The Morgan fingerprint density at radius 2 is 1.54 bits per heavy atom. The molecule has 6 nitrogen and oxygen atoms in total. The lowest BCUT2D eigenvalue weighted by molar-refractivity contribution is -0.174. The second kappa shape index (κ2) is 10.3. The molecule has 7 heteroatoms. The van der Waals surface area contributed by atoms with Gasteiger partial charge in [0.2, 0.25) is 5.91 Å². The van der Waals surface area contributed by atoms with E-state index in [0.29, 0.717) is 26.1 Å². The average molecular weight is 536 g/mol. The normalized spacial score (nSPS) is 19.1. The lowest BCUT2D eigenvalue weighted by atomic mass is 9.96. The third-order valence-corrected chi connectivity index (χ3v) is 7.00. The number of carbonyl (C=O) groups is 2. The number of hydrogen-bond acceptors (Lipinski definition) is 5. The van der Waals surface area contributed by atoms with E-state index in [2.05, 4.69) is 28.1 Å². The second-order valence-electron chi connectivity index (χ2n) is 8.72. The molecule has 2 heterocycles. The van der Waals surface area contributed by atoms with Gasteiger partial charge >= 0.3 is 6.09 Å². The number of carbonyl (C=O) groups excluding carboxylic acids is 2. The van der Waals surface area contributed by atoms with Crippen LogP contribution < -0.4 is 0 Å². The fraction of sp³-hybridized carbons (Fsp3) is 0.286. The van der Waals surface area contributed by atoms with Crippen LogP contribution in [0.2, 0.25) is 0 Å². The molecule has 0 spiro atoms. The van der Waals surface area contributed by atoms with Gasteiger partial charge in [0.05, 0.1) is 19.3 Å². The van der Waals surface area contributed by atoms with Gasteiger partial charge in [-0.2, -0.15) is 0 Å². The van der Waals surface area contributed by atoms with Crippen LogP contribution in [0, 0.1) is 0 Å². The quantitative estimate of drug-likeness (QED) is 0.389. The first-order valence-electron chi connectivity index (χ1n) is 11.7. The smallest absolute Gasteiger partial charge is 0.416 e. The van der Waals surface area contributed by atoms with Crippen molar-refractivity contribution in [3.8, 4) is 11.1 Å². The molecule has 3 aromatic carbocycles. The van der Waals surface area contributed by atoms with Crippen molar-refractivity contribution >= 4 is 27.9 Å². The maximum atomic E-state index is 13.2. The Kier molecular flexibility index (Phi) is 7.00. The summed E-state index contributed by atoms with van der Waals surface area (Å²) >= 11 is 3.47. The summed E-state index contributed by atoms with van der Waals surface area (Å²) in [5.41, 5.74) is 4.09. The molecule has 2 amide bonds. The Labute approximate surface area is 212 Å². The van der Waals surface area contributed by atoms with Crippen LogP contribution in [0.5, 0.6) is 0 Å².